The first-order valence-corrected chi connectivity index (χ1v) is 6.98. The molecule has 0 fully saturated rings. The maximum absolute atomic E-state index is 5.89. The summed E-state index contributed by atoms with van der Waals surface area (Å²) in [7, 11) is 1.92. The number of para-hydroxylation sites is 1. The van der Waals surface area contributed by atoms with Gasteiger partial charge in [-0.15, -0.1) is 0 Å². The molecule has 1 aromatic heterocycles. The van der Waals surface area contributed by atoms with Crippen LogP contribution in [0.5, 0.6) is 0 Å². The zero-order chi connectivity index (χ0) is 13.0. The number of halogens is 1. The molecule has 0 saturated carbocycles. The third-order valence-electron chi connectivity index (χ3n) is 2.84. The summed E-state index contributed by atoms with van der Waals surface area (Å²) in [6, 6.07) is 8.20. The summed E-state index contributed by atoms with van der Waals surface area (Å²) >= 11 is 3.50. The lowest BCUT2D eigenvalue weighted by Gasteiger charge is -2.13. The summed E-state index contributed by atoms with van der Waals surface area (Å²) in [5, 5.41) is 4.33. The van der Waals surface area contributed by atoms with Crippen LogP contribution < -0.4 is 5.32 Å². The SMILES string of the molecule is CCCOCC(NC)c1cc2cccc(Br)c2o1. The lowest BCUT2D eigenvalue weighted by Crippen LogP contribution is -2.21. The summed E-state index contributed by atoms with van der Waals surface area (Å²) < 4.78 is 12.5. The monoisotopic (exact) mass is 311 g/mol. The Hall–Kier alpha value is -0.840. The number of benzene rings is 1. The van der Waals surface area contributed by atoms with E-state index in [-0.39, 0.29) is 6.04 Å². The average molecular weight is 312 g/mol. The van der Waals surface area contributed by atoms with Crippen LogP contribution in [0.25, 0.3) is 11.0 Å². The van der Waals surface area contributed by atoms with Crippen molar-refractivity contribution in [1.29, 1.82) is 0 Å². The van der Waals surface area contributed by atoms with Gasteiger partial charge in [0.25, 0.3) is 0 Å². The maximum Gasteiger partial charge on any atom is 0.148 e. The molecule has 4 heteroatoms. The van der Waals surface area contributed by atoms with Gasteiger partial charge in [0.15, 0.2) is 0 Å². The van der Waals surface area contributed by atoms with Crippen LogP contribution in [0.15, 0.2) is 33.2 Å². The van der Waals surface area contributed by atoms with Crippen molar-refractivity contribution < 1.29 is 9.15 Å². The van der Waals surface area contributed by atoms with E-state index in [1.54, 1.807) is 0 Å². The van der Waals surface area contributed by atoms with Crippen LogP contribution in [0.2, 0.25) is 0 Å². The van der Waals surface area contributed by atoms with Crippen molar-refractivity contribution in [2.24, 2.45) is 0 Å². The molecule has 0 aliphatic rings. The van der Waals surface area contributed by atoms with Gasteiger partial charge in [0.2, 0.25) is 0 Å². The molecule has 98 valence electrons. The van der Waals surface area contributed by atoms with E-state index in [2.05, 4.69) is 34.2 Å². The Balaban J connectivity index is 2.20. The molecule has 18 heavy (non-hydrogen) atoms. The van der Waals surface area contributed by atoms with E-state index in [1.165, 1.54) is 0 Å². The van der Waals surface area contributed by atoms with Crippen molar-refractivity contribution in [1.82, 2.24) is 5.32 Å². The predicted molar refractivity (Wildman–Crippen MR) is 76.8 cm³/mol. The Morgan fingerprint density at radius 2 is 2.28 bits per heavy atom. The number of hydrogen-bond acceptors (Lipinski definition) is 3. The molecule has 0 aliphatic carbocycles. The summed E-state index contributed by atoms with van der Waals surface area (Å²) in [6.45, 7) is 3.51. The van der Waals surface area contributed by atoms with Crippen LogP contribution in [-0.4, -0.2) is 20.3 Å². The van der Waals surface area contributed by atoms with Gasteiger partial charge in [0.05, 0.1) is 17.1 Å². The third kappa shape index (κ3) is 2.94. The van der Waals surface area contributed by atoms with E-state index in [9.17, 15) is 0 Å². The number of nitrogens with one attached hydrogen (secondary N) is 1. The maximum atomic E-state index is 5.89. The molecule has 1 heterocycles. The highest BCUT2D eigenvalue weighted by atomic mass is 79.9. The fourth-order valence-corrected chi connectivity index (χ4v) is 2.33. The lowest BCUT2D eigenvalue weighted by molar-refractivity contribution is 0.108. The van der Waals surface area contributed by atoms with Gasteiger partial charge in [-0.1, -0.05) is 19.1 Å². The highest BCUT2D eigenvalue weighted by Crippen LogP contribution is 2.29. The molecule has 0 bridgehead atoms. The van der Waals surface area contributed by atoms with Gasteiger partial charge in [-0.3, -0.25) is 0 Å². The minimum atomic E-state index is 0.0934. The standard InChI is InChI=1S/C14H18BrNO2/c1-3-7-17-9-12(16-2)13-8-10-5-4-6-11(15)14(10)18-13/h4-6,8,12,16H,3,7,9H2,1-2H3. The molecule has 3 nitrogen and oxygen atoms in total. The molecule has 0 aliphatic heterocycles. The highest BCUT2D eigenvalue weighted by Gasteiger charge is 2.15. The van der Waals surface area contributed by atoms with Crippen LogP contribution in [0.4, 0.5) is 0 Å². The Morgan fingerprint density at radius 3 is 2.94 bits per heavy atom. The molecule has 1 unspecified atom stereocenters. The molecule has 0 saturated heterocycles. The molecule has 1 atom stereocenters. The van der Waals surface area contributed by atoms with Gasteiger partial charge in [-0.2, -0.15) is 0 Å². The fourth-order valence-electron chi connectivity index (χ4n) is 1.87. The first-order chi connectivity index (χ1) is 8.76. The first kappa shape index (κ1) is 13.6. The van der Waals surface area contributed by atoms with Crippen molar-refractivity contribution in [3.63, 3.8) is 0 Å². The second-order valence-electron chi connectivity index (χ2n) is 4.22. The van der Waals surface area contributed by atoms with Crippen LogP contribution in [0.1, 0.15) is 25.1 Å². The molecule has 0 radical (unpaired) electrons. The minimum Gasteiger partial charge on any atom is -0.458 e. The third-order valence-corrected chi connectivity index (χ3v) is 3.46. The van der Waals surface area contributed by atoms with Crippen molar-refractivity contribution in [2.45, 2.75) is 19.4 Å². The number of likely N-dealkylation sites (N-methyl/N-ethyl adjacent to an activating group) is 1. The van der Waals surface area contributed by atoms with Crippen molar-refractivity contribution in [2.75, 3.05) is 20.3 Å². The fraction of sp³-hybridized carbons (Fsp3) is 0.429. The minimum absolute atomic E-state index is 0.0934. The molecular weight excluding hydrogens is 294 g/mol. The Bertz CT molecular complexity index is 509. The quantitative estimate of drug-likeness (QED) is 0.822. The second kappa shape index (κ2) is 6.36. The van der Waals surface area contributed by atoms with Gasteiger partial charge in [0.1, 0.15) is 11.3 Å². The first-order valence-electron chi connectivity index (χ1n) is 6.19. The van der Waals surface area contributed by atoms with Crippen molar-refractivity contribution >= 4 is 26.9 Å². The molecule has 0 spiro atoms. The number of hydrogen-bond donors (Lipinski definition) is 1. The van der Waals surface area contributed by atoms with Crippen LogP contribution >= 0.6 is 15.9 Å². The van der Waals surface area contributed by atoms with E-state index >= 15 is 0 Å². The topological polar surface area (TPSA) is 34.4 Å². The van der Waals surface area contributed by atoms with Gasteiger partial charge in [0, 0.05) is 12.0 Å². The van der Waals surface area contributed by atoms with Crippen molar-refractivity contribution in [3.8, 4) is 0 Å². The van der Waals surface area contributed by atoms with Gasteiger partial charge in [-0.25, -0.2) is 0 Å². The number of ether oxygens (including phenoxy) is 1. The van der Waals surface area contributed by atoms with E-state index in [0.29, 0.717) is 6.61 Å². The Kier molecular flexibility index (Phi) is 4.80. The van der Waals surface area contributed by atoms with Gasteiger partial charge >= 0.3 is 0 Å². The van der Waals surface area contributed by atoms with Crippen molar-refractivity contribution in [3.05, 3.63) is 34.5 Å². The lowest BCUT2D eigenvalue weighted by atomic mass is 10.2. The predicted octanol–water partition coefficient (Wildman–Crippen LogP) is 3.88. The average Bonchev–Trinajstić information content (AvgIpc) is 2.80. The van der Waals surface area contributed by atoms with Crippen LogP contribution in [0.3, 0.4) is 0 Å². The number of furan rings is 1. The van der Waals surface area contributed by atoms with Crippen LogP contribution in [0, 0.1) is 0 Å². The zero-order valence-corrected chi connectivity index (χ0v) is 12.3. The van der Waals surface area contributed by atoms with Gasteiger partial charge in [-0.05, 0) is 41.5 Å². The zero-order valence-electron chi connectivity index (χ0n) is 10.7. The normalized spacial score (nSPS) is 13.1. The summed E-state index contributed by atoms with van der Waals surface area (Å²) in [5.41, 5.74) is 0.892. The Labute approximate surface area is 116 Å². The van der Waals surface area contributed by atoms with Crippen LogP contribution in [-0.2, 0) is 4.74 Å². The summed E-state index contributed by atoms with van der Waals surface area (Å²) in [5.74, 6) is 0.913. The molecule has 0 amide bonds. The van der Waals surface area contributed by atoms with E-state index in [0.717, 1.165) is 34.2 Å². The Morgan fingerprint density at radius 1 is 1.44 bits per heavy atom. The van der Waals surface area contributed by atoms with Gasteiger partial charge < -0.3 is 14.5 Å². The number of fused-ring (bicyclic) bond motifs is 1. The molecular formula is C14H18BrNO2. The summed E-state index contributed by atoms with van der Waals surface area (Å²) in [4.78, 5) is 0. The largest absolute Gasteiger partial charge is 0.458 e. The molecule has 1 aromatic carbocycles. The van der Waals surface area contributed by atoms with E-state index in [1.807, 2.05) is 25.2 Å². The van der Waals surface area contributed by atoms with E-state index < -0.39 is 0 Å². The highest BCUT2D eigenvalue weighted by molar-refractivity contribution is 9.10. The molecule has 2 aromatic rings. The number of rotatable bonds is 6. The van der Waals surface area contributed by atoms with E-state index in [4.69, 9.17) is 9.15 Å². The summed E-state index contributed by atoms with van der Waals surface area (Å²) in [6.07, 6.45) is 1.03. The second-order valence-corrected chi connectivity index (χ2v) is 5.08. The smallest absolute Gasteiger partial charge is 0.148 e. The molecule has 2 rings (SSSR count). The molecule has 1 N–H and O–H groups in total.